The molecule has 0 unspecified atom stereocenters. The monoisotopic (exact) mass is 591 g/mol. The van der Waals surface area contributed by atoms with E-state index < -0.39 is 34.2 Å². The number of sulfonamides is 1. The number of rotatable bonds is 9. The van der Waals surface area contributed by atoms with E-state index in [1.54, 1.807) is 54.3 Å². The van der Waals surface area contributed by atoms with Gasteiger partial charge in [-0.15, -0.1) is 0 Å². The number of piperazine rings is 1. The Hall–Kier alpha value is -3.93. The second-order valence-electron chi connectivity index (χ2n) is 9.51. The third-order valence-corrected chi connectivity index (χ3v) is 8.57. The standard InChI is InChI=1S/C29H32F3N3O5S/c1-4-40-25-11-9-23(10-12-25)35(41(37,38)27-18-21(2)8-13-26(27)39-3)20-28(36)34-16-14-33(15-17-34)24-7-5-6-22(19-24)29(30,31)32/h5-13,18-19H,4,14-17,20H2,1-3H3. The van der Waals surface area contributed by atoms with Crippen molar-refractivity contribution in [2.45, 2.75) is 24.9 Å². The van der Waals surface area contributed by atoms with Gasteiger partial charge >= 0.3 is 6.18 Å². The van der Waals surface area contributed by atoms with E-state index in [9.17, 15) is 26.4 Å². The molecule has 0 atom stereocenters. The van der Waals surface area contributed by atoms with Crippen LogP contribution in [0.25, 0.3) is 0 Å². The third-order valence-electron chi connectivity index (χ3n) is 6.77. The highest BCUT2D eigenvalue weighted by Gasteiger charge is 2.34. The Morgan fingerprint density at radius 3 is 2.27 bits per heavy atom. The molecule has 1 saturated heterocycles. The van der Waals surface area contributed by atoms with Crippen LogP contribution in [0.1, 0.15) is 18.1 Å². The van der Waals surface area contributed by atoms with Crippen molar-refractivity contribution >= 4 is 27.3 Å². The molecule has 8 nitrogen and oxygen atoms in total. The molecular formula is C29H32F3N3O5S. The van der Waals surface area contributed by atoms with Crippen molar-refractivity contribution in [2.75, 3.05) is 55.6 Å². The first-order valence-electron chi connectivity index (χ1n) is 13.0. The molecule has 1 amide bonds. The summed E-state index contributed by atoms with van der Waals surface area (Å²) in [5.74, 6) is 0.269. The van der Waals surface area contributed by atoms with E-state index in [2.05, 4.69) is 0 Å². The van der Waals surface area contributed by atoms with Gasteiger partial charge in [0.05, 0.1) is 25.0 Å². The molecule has 41 heavy (non-hydrogen) atoms. The maximum Gasteiger partial charge on any atom is 0.416 e. The maximum atomic E-state index is 14.0. The van der Waals surface area contributed by atoms with Gasteiger partial charge in [0.1, 0.15) is 22.9 Å². The largest absolute Gasteiger partial charge is 0.495 e. The molecule has 1 fully saturated rings. The highest BCUT2D eigenvalue weighted by molar-refractivity contribution is 7.93. The first kappa shape index (κ1) is 30.0. The fourth-order valence-electron chi connectivity index (χ4n) is 4.61. The number of aryl methyl sites for hydroxylation is 1. The number of alkyl halides is 3. The van der Waals surface area contributed by atoms with Crippen molar-refractivity contribution in [1.29, 1.82) is 0 Å². The van der Waals surface area contributed by atoms with Gasteiger partial charge in [-0.3, -0.25) is 9.10 Å². The van der Waals surface area contributed by atoms with Gasteiger partial charge < -0.3 is 19.3 Å². The second kappa shape index (κ2) is 12.3. The summed E-state index contributed by atoms with van der Waals surface area (Å²) >= 11 is 0. The lowest BCUT2D eigenvalue weighted by Crippen LogP contribution is -2.52. The Bertz CT molecular complexity index is 1470. The molecule has 3 aromatic carbocycles. The molecular weight excluding hydrogens is 559 g/mol. The summed E-state index contributed by atoms with van der Waals surface area (Å²) in [7, 11) is -2.87. The van der Waals surface area contributed by atoms with Crippen LogP contribution in [0.2, 0.25) is 0 Å². The number of nitrogens with zero attached hydrogens (tertiary/aromatic N) is 3. The highest BCUT2D eigenvalue weighted by atomic mass is 32.2. The zero-order valence-electron chi connectivity index (χ0n) is 23.0. The molecule has 0 aromatic heterocycles. The lowest BCUT2D eigenvalue weighted by atomic mass is 10.1. The molecule has 1 aliphatic rings. The van der Waals surface area contributed by atoms with E-state index in [4.69, 9.17) is 9.47 Å². The van der Waals surface area contributed by atoms with Gasteiger partial charge in [-0.05, 0) is 74.0 Å². The van der Waals surface area contributed by atoms with E-state index in [1.807, 2.05) is 6.92 Å². The quantitative estimate of drug-likeness (QED) is 0.350. The first-order valence-corrected chi connectivity index (χ1v) is 14.5. The predicted molar refractivity (Wildman–Crippen MR) is 150 cm³/mol. The van der Waals surface area contributed by atoms with Gasteiger partial charge in [0.2, 0.25) is 5.91 Å². The molecule has 3 aromatic rings. The van der Waals surface area contributed by atoms with Crippen LogP contribution in [0.3, 0.4) is 0 Å². The number of ether oxygens (including phenoxy) is 2. The fourth-order valence-corrected chi connectivity index (χ4v) is 6.27. The normalized spacial score (nSPS) is 14.1. The Labute approximate surface area is 237 Å². The van der Waals surface area contributed by atoms with Gasteiger partial charge in [-0.25, -0.2) is 8.42 Å². The minimum absolute atomic E-state index is 0.0731. The third kappa shape index (κ3) is 6.87. The van der Waals surface area contributed by atoms with Gasteiger partial charge in [0.25, 0.3) is 10.0 Å². The lowest BCUT2D eigenvalue weighted by molar-refractivity contribution is -0.137. The molecule has 0 spiro atoms. The number of hydrogen-bond donors (Lipinski definition) is 0. The number of halogens is 3. The summed E-state index contributed by atoms with van der Waals surface area (Å²) in [6.07, 6.45) is -4.45. The summed E-state index contributed by atoms with van der Waals surface area (Å²) < 4.78 is 79.4. The van der Waals surface area contributed by atoms with Crippen molar-refractivity contribution in [3.05, 3.63) is 77.9 Å². The Morgan fingerprint density at radius 2 is 1.66 bits per heavy atom. The minimum atomic E-state index is -4.45. The van der Waals surface area contributed by atoms with Crippen LogP contribution in [0.15, 0.2) is 71.6 Å². The van der Waals surface area contributed by atoms with Gasteiger partial charge in [-0.2, -0.15) is 13.2 Å². The molecule has 0 radical (unpaired) electrons. The number of methoxy groups -OCH3 is 1. The number of benzene rings is 3. The van der Waals surface area contributed by atoms with Crippen molar-refractivity contribution < 1.29 is 35.9 Å². The minimum Gasteiger partial charge on any atom is -0.495 e. The van der Waals surface area contributed by atoms with E-state index in [1.165, 1.54) is 24.1 Å². The second-order valence-corrected chi connectivity index (χ2v) is 11.3. The smallest absolute Gasteiger partial charge is 0.416 e. The summed E-state index contributed by atoms with van der Waals surface area (Å²) in [5, 5.41) is 0. The van der Waals surface area contributed by atoms with Crippen LogP contribution in [0.5, 0.6) is 11.5 Å². The van der Waals surface area contributed by atoms with Crippen molar-refractivity contribution in [2.24, 2.45) is 0 Å². The molecule has 0 N–H and O–H groups in total. The number of carbonyl (C=O) groups is 1. The van der Waals surface area contributed by atoms with Gasteiger partial charge in [0, 0.05) is 31.9 Å². The molecule has 0 aliphatic carbocycles. The van der Waals surface area contributed by atoms with Crippen molar-refractivity contribution in [1.82, 2.24) is 4.90 Å². The van der Waals surface area contributed by atoms with Crippen molar-refractivity contribution in [3.8, 4) is 11.5 Å². The number of anilines is 2. The number of carbonyl (C=O) groups excluding carboxylic acids is 1. The molecule has 220 valence electrons. The van der Waals surface area contributed by atoms with Crippen LogP contribution in [-0.2, 0) is 21.0 Å². The van der Waals surface area contributed by atoms with Gasteiger partial charge in [-0.1, -0.05) is 12.1 Å². The molecule has 0 bridgehead atoms. The summed E-state index contributed by atoms with van der Waals surface area (Å²) in [4.78, 5) is 16.7. The van der Waals surface area contributed by atoms with Crippen LogP contribution in [0, 0.1) is 6.92 Å². The van der Waals surface area contributed by atoms with E-state index >= 15 is 0 Å². The highest BCUT2D eigenvalue weighted by Crippen LogP contribution is 2.33. The number of amides is 1. The van der Waals surface area contributed by atoms with E-state index in [0.717, 1.165) is 16.4 Å². The number of hydrogen-bond acceptors (Lipinski definition) is 6. The fraction of sp³-hybridized carbons (Fsp3) is 0.345. The van der Waals surface area contributed by atoms with Crippen LogP contribution in [0.4, 0.5) is 24.5 Å². The van der Waals surface area contributed by atoms with Crippen LogP contribution < -0.4 is 18.7 Å². The maximum absolute atomic E-state index is 14.0. The molecule has 1 aliphatic heterocycles. The predicted octanol–water partition coefficient (Wildman–Crippen LogP) is 4.97. The Morgan fingerprint density at radius 1 is 0.976 bits per heavy atom. The van der Waals surface area contributed by atoms with Crippen molar-refractivity contribution in [3.63, 3.8) is 0 Å². The topological polar surface area (TPSA) is 79.4 Å². The SMILES string of the molecule is CCOc1ccc(N(CC(=O)N2CCN(c3cccc(C(F)(F)F)c3)CC2)S(=O)(=O)c2cc(C)ccc2OC)cc1. The van der Waals surface area contributed by atoms with Crippen LogP contribution >= 0.6 is 0 Å². The zero-order valence-corrected chi connectivity index (χ0v) is 23.8. The van der Waals surface area contributed by atoms with Gasteiger partial charge in [0.15, 0.2) is 0 Å². The Balaban J connectivity index is 1.57. The average molecular weight is 592 g/mol. The average Bonchev–Trinajstić information content (AvgIpc) is 2.96. The van der Waals surface area contributed by atoms with E-state index in [-0.39, 0.29) is 29.4 Å². The summed E-state index contributed by atoms with van der Waals surface area (Å²) in [5.41, 5.74) is 0.648. The molecule has 4 rings (SSSR count). The van der Waals surface area contributed by atoms with Crippen LogP contribution in [-0.4, -0.2) is 65.7 Å². The first-order chi connectivity index (χ1) is 19.4. The summed E-state index contributed by atoms with van der Waals surface area (Å²) in [6, 6.07) is 16.3. The molecule has 0 saturated carbocycles. The van der Waals surface area contributed by atoms with E-state index in [0.29, 0.717) is 36.7 Å². The molecule has 1 heterocycles. The zero-order chi connectivity index (χ0) is 29.8. The molecule has 12 heteroatoms. The lowest BCUT2D eigenvalue weighted by Gasteiger charge is -2.37. The summed E-state index contributed by atoms with van der Waals surface area (Å²) in [6.45, 7) is 4.60. The Kier molecular flexibility index (Phi) is 9.01.